The van der Waals surface area contributed by atoms with Crippen molar-refractivity contribution in [1.82, 2.24) is 0 Å². The summed E-state index contributed by atoms with van der Waals surface area (Å²) in [7, 11) is 3.40. The van der Waals surface area contributed by atoms with E-state index < -0.39 is 11.4 Å². The van der Waals surface area contributed by atoms with Gasteiger partial charge in [0.1, 0.15) is 5.60 Å². The molecule has 0 amide bonds. The Morgan fingerprint density at radius 3 is 1.85 bits per heavy atom. The third-order valence-corrected chi connectivity index (χ3v) is 4.87. The van der Waals surface area contributed by atoms with Crippen molar-refractivity contribution in [2.24, 2.45) is 11.3 Å². The Hall–Kier alpha value is -0.610. The van der Waals surface area contributed by atoms with Crippen LogP contribution in [0, 0.1) is 11.3 Å². The number of hydrogen-bond donors (Lipinski definition) is 0. The van der Waals surface area contributed by atoms with Crippen LogP contribution in [0.25, 0.3) is 0 Å². The monoisotopic (exact) mass is 284 g/mol. The molecule has 0 radical (unpaired) electrons. The molecule has 2 fully saturated rings. The minimum absolute atomic E-state index is 0.00247. The Kier molecular flexibility index (Phi) is 4.18. The van der Waals surface area contributed by atoms with Gasteiger partial charge < -0.3 is 14.2 Å². The molecule has 20 heavy (non-hydrogen) atoms. The van der Waals surface area contributed by atoms with Crippen molar-refractivity contribution < 1.29 is 19.0 Å². The first kappa shape index (κ1) is 15.8. The second kappa shape index (κ2) is 5.30. The lowest BCUT2D eigenvalue weighted by Gasteiger charge is -2.40. The molecule has 0 aromatic rings. The molecule has 0 bridgehead atoms. The van der Waals surface area contributed by atoms with Crippen molar-refractivity contribution in [3.63, 3.8) is 0 Å². The van der Waals surface area contributed by atoms with Crippen LogP contribution in [0.1, 0.15) is 59.3 Å². The maximum Gasteiger partial charge on any atom is 0.312 e. The highest BCUT2D eigenvalue weighted by Crippen LogP contribution is 2.58. The summed E-state index contributed by atoms with van der Waals surface area (Å²) in [6.45, 7) is 5.80. The van der Waals surface area contributed by atoms with Gasteiger partial charge in [-0.1, -0.05) is 0 Å². The maximum absolute atomic E-state index is 12.5. The first-order chi connectivity index (χ1) is 9.27. The summed E-state index contributed by atoms with van der Waals surface area (Å²) in [6.07, 6.45) is 5.60. The number of ether oxygens (including phenoxy) is 3. The quantitative estimate of drug-likeness (QED) is 0.587. The SMILES string of the molecule is COC1(OC)CCC(C2(C(=O)OC(C)(C)C)CC2)CC1. The molecule has 4 heteroatoms. The van der Waals surface area contributed by atoms with Crippen LogP contribution in [-0.4, -0.2) is 31.6 Å². The standard InChI is InChI=1S/C16H28O4/c1-14(2,3)20-13(17)15(10-11-15)12-6-8-16(18-4,19-5)9-7-12/h12H,6-11H2,1-5H3. The van der Waals surface area contributed by atoms with Gasteiger partial charge in [-0.3, -0.25) is 4.79 Å². The van der Waals surface area contributed by atoms with Crippen LogP contribution in [0.15, 0.2) is 0 Å². The first-order valence-electron chi connectivity index (χ1n) is 7.61. The Bertz CT molecular complexity index is 351. The van der Waals surface area contributed by atoms with Gasteiger partial charge in [0, 0.05) is 27.1 Å². The summed E-state index contributed by atoms with van der Waals surface area (Å²) in [5, 5.41) is 0. The Morgan fingerprint density at radius 2 is 1.50 bits per heavy atom. The third kappa shape index (κ3) is 3.01. The molecule has 4 nitrogen and oxygen atoms in total. The molecule has 0 atom stereocenters. The highest BCUT2D eigenvalue weighted by Gasteiger charge is 2.58. The third-order valence-electron chi connectivity index (χ3n) is 4.87. The summed E-state index contributed by atoms with van der Waals surface area (Å²) < 4.78 is 16.6. The summed E-state index contributed by atoms with van der Waals surface area (Å²) in [5.74, 6) is -0.0337. The fraction of sp³-hybridized carbons (Fsp3) is 0.938. The van der Waals surface area contributed by atoms with E-state index in [0.717, 1.165) is 38.5 Å². The van der Waals surface area contributed by atoms with Crippen molar-refractivity contribution >= 4 is 5.97 Å². The molecular formula is C16H28O4. The van der Waals surface area contributed by atoms with Crippen molar-refractivity contribution in [3.8, 4) is 0 Å². The number of carbonyl (C=O) groups is 1. The zero-order valence-electron chi connectivity index (χ0n) is 13.5. The highest BCUT2D eigenvalue weighted by molar-refractivity contribution is 5.80. The Balaban J connectivity index is 1.98. The fourth-order valence-electron chi connectivity index (χ4n) is 3.40. The van der Waals surface area contributed by atoms with Gasteiger partial charge in [0.25, 0.3) is 0 Å². The summed E-state index contributed by atoms with van der Waals surface area (Å²) in [5.41, 5.74) is -0.620. The van der Waals surface area contributed by atoms with Crippen molar-refractivity contribution in [3.05, 3.63) is 0 Å². The van der Waals surface area contributed by atoms with Gasteiger partial charge in [-0.25, -0.2) is 0 Å². The molecule has 0 spiro atoms. The van der Waals surface area contributed by atoms with Crippen LogP contribution < -0.4 is 0 Å². The van der Waals surface area contributed by atoms with E-state index in [1.54, 1.807) is 14.2 Å². The van der Waals surface area contributed by atoms with Crippen LogP contribution in [0.2, 0.25) is 0 Å². The van der Waals surface area contributed by atoms with Crippen molar-refractivity contribution in [2.45, 2.75) is 70.7 Å². The molecule has 0 unspecified atom stereocenters. The number of hydrogen-bond acceptors (Lipinski definition) is 4. The van der Waals surface area contributed by atoms with Gasteiger partial charge in [-0.2, -0.15) is 0 Å². The van der Waals surface area contributed by atoms with Crippen LogP contribution >= 0.6 is 0 Å². The van der Waals surface area contributed by atoms with E-state index >= 15 is 0 Å². The minimum Gasteiger partial charge on any atom is -0.460 e. The van der Waals surface area contributed by atoms with Crippen LogP contribution in [0.4, 0.5) is 0 Å². The van der Waals surface area contributed by atoms with Crippen LogP contribution in [-0.2, 0) is 19.0 Å². The molecule has 2 rings (SSSR count). The van der Waals surface area contributed by atoms with Crippen LogP contribution in [0.5, 0.6) is 0 Å². The van der Waals surface area contributed by atoms with E-state index in [1.807, 2.05) is 20.8 Å². The van der Waals surface area contributed by atoms with Gasteiger partial charge in [-0.15, -0.1) is 0 Å². The molecule has 2 aliphatic carbocycles. The van der Waals surface area contributed by atoms with E-state index in [-0.39, 0.29) is 11.4 Å². The van der Waals surface area contributed by atoms with E-state index in [1.165, 1.54) is 0 Å². The highest BCUT2D eigenvalue weighted by atomic mass is 16.7. The predicted molar refractivity (Wildman–Crippen MR) is 76.2 cm³/mol. The van der Waals surface area contributed by atoms with Crippen LogP contribution in [0.3, 0.4) is 0 Å². The average Bonchev–Trinajstić information content (AvgIpc) is 3.18. The predicted octanol–water partition coefficient (Wildman–Crippen LogP) is 3.29. The first-order valence-corrected chi connectivity index (χ1v) is 7.61. The van der Waals surface area contributed by atoms with E-state index in [4.69, 9.17) is 14.2 Å². The molecule has 0 aliphatic heterocycles. The number of esters is 1. The second-order valence-electron chi connectivity index (χ2n) is 7.25. The Morgan fingerprint density at radius 1 is 1.00 bits per heavy atom. The number of methoxy groups -OCH3 is 2. The summed E-state index contributed by atoms with van der Waals surface area (Å²) in [4.78, 5) is 12.5. The molecule has 116 valence electrons. The fourth-order valence-corrected chi connectivity index (χ4v) is 3.40. The lowest BCUT2D eigenvalue weighted by atomic mass is 9.75. The maximum atomic E-state index is 12.5. The smallest absolute Gasteiger partial charge is 0.312 e. The van der Waals surface area contributed by atoms with E-state index in [9.17, 15) is 4.79 Å². The van der Waals surface area contributed by atoms with Gasteiger partial charge in [0.15, 0.2) is 5.79 Å². The van der Waals surface area contributed by atoms with Gasteiger partial charge >= 0.3 is 5.97 Å². The lowest BCUT2D eigenvalue weighted by Crippen LogP contribution is -2.42. The largest absolute Gasteiger partial charge is 0.460 e. The van der Waals surface area contributed by atoms with Gasteiger partial charge in [-0.05, 0) is 52.4 Å². The second-order valence-corrected chi connectivity index (χ2v) is 7.25. The lowest BCUT2D eigenvalue weighted by molar-refractivity contribution is -0.230. The zero-order chi connectivity index (χ0) is 15.0. The molecule has 0 aromatic carbocycles. The Labute approximate surface area is 122 Å². The van der Waals surface area contributed by atoms with E-state index in [0.29, 0.717) is 5.92 Å². The topological polar surface area (TPSA) is 44.8 Å². The number of carbonyl (C=O) groups excluding carboxylic acids is 1. The van der Waals surface area contributed by atoms with Gasteiger partial charge in [0.05, 0.1) is 5.41 Å². The molecule has 2 aliphatic rings. The molecule has 0 saturated heterocycles. The molecular weight excluding hydrogens is 256 g/mol. The molecule has 0 N–H and O–H groups in total. The summed E-state index contributed by atoms with van der Waals surface area (Å²) in [6, 6.07) is 0. The van der Waals surface area contributed by atoms with Crippen molar-refractivity contribution in [2.75, 3.05) is 14.2 Å². The van der Waals surface area contributed by atoms with Crippen molar-refractivity contribution in [1.29, 1.82) is 0 Å². The van der Waals surface area contributed by atoms with E-state index in [2.05, 4.69) is 0 Å². The normalized spacial score (nSPS) is 25.2. The average molecular weight is 284 g/mol. The number of rotatable bonds is 4. The molecule has 2 saturated carbocycles. The zero-order valence-corrected chi connectivity index (χ0v) is 13.5. The summed E-state index contributed by atoms with van der Waals surface area (Å²) >= 11 is 0. The molecule has 0 aromatic heterocycles. The molecule has 0 heterocycles. The minimum atomic E-state index is -0.444. The van der Waals surface area contributed by atoms with Gasteiger partial charge in [0.2, 0.25) is 0 Å².